The van der Waals surface area contributed by atoms with E-state index in [0.29, 0.717) is 25.9 Å². The maximum absolute atomic E-state index is 12.6. The van der Waals surface area contributed by atoms with Crippen LogP contribution in [0.5, 0.6) is 0 Å². The molecule has 0 spiro atoms. The Kier molecular flexibility index (Phi) is 6.98. The first-order valence-electron chi connectivity index (χ1n) is 8.75. The molecule has 1 N–H and O–H groups in total. The average molecular weight is 368 g/mol. The van der Waals surface area contributed by atoms with Crippen LogP contribution in [0, 0.1) is 12.8 Å². The summed E-state index contributed by atoms with van der Waals surface area (Å²) in [5.74, 6) is -0.181. The van der Waals surface area contributed by atoms with E-state index in [1.165, 1.54) is 11.4 Å². The Morgan fingerprint density at radius 3 is 2.60 bits per heavy atom. The maximum Gasteiger partial charge on any atom is 0.227 e. The molecule has 140 valence electrons. The Morgan fingerprint density at radius 1 is 1.32 bits per heavy atom. The maximum atomic E-state index is 12.6. The van der Waals surface area contributed by atoms with Gasteiger partial charge in [0.15, 0.2) is 0 Å². The molecule has 1 saturated heterocycles. The van der Waals surface area contributed by atoms with E-state index in [1.54, 1.807) is 0 Å². The number of carbonyl (C=O) groups excluding carboxylic acids is 1. The van der Waals surface area contributed by atoms with Gasteiger partial charge in [0.05, 0.1) is 12.4 Å². The largest absolute Gasteiger partial charge is 0.384 e. The second-order valence-corrected chi connectivity index (χ2v) is 8.52. The Hall–Kier alpha value is -1.44. The van der Waals surface area contributed by atoms with E-state index in [2.05, 4.69) is 12.2 Å². The number of hydrogen-bond acceptors (Lipinski definition) is 4. The highest BCUT2D eigenvalue weighted by atomic mass is 32.2. The van der Waals surface area contributed by atoms with E-state index in [4.69, 9.17) is 4.74 Å². The first kappa shape index (κ1) is 19.9. The summed E-state index contributed by atoms with van der Waals surface area (Å²) < 4.78 is 30.7. The van der Waals surface area contributed by atoms with Crippen molar-refractivity contribution < 1.29 is 17.9 Å². The molecule has 7 heteroatoms. The number of nitrogens with one attached hydrogen (secondary N) is 1. The molecule has 1 fully saturated rings. The van der Waals surface area contributed by atoms with Crippen LogP contribution in [-0.4, -0.2) is 51.2 Å². The molecule has 2 rings (SSSR count). The van der Waals surface area contributed by atoms with Gasteiger partial charge in [-0.15, -0.1) is 0 Å². The van der Waals surface area contributed by atoms with Crippen LogP contribution in [0.3, 0.4) is 0 Å². The van der Waals surface area contributed by atoms with Crippen molar-refractivity contribution in [1.82, 2.24) is 4.31 Å². The quantitative estimate of drug-likeness (QED) is 0.800. The molecule has 0 aromatic heterocycles. The van der Waals surface area contributed by atoms with Crippen LogP contribution < -0.4 is 5.32 Å². The molecule has 0 saturated carbocycles. The second kappa shape index (κ2) is 8.78. The minimum Gasteiger partial charge on any atom is -0.384 e. The van der Waals surface area contributed by atoms with Gasteiger partial charge in [-0.25, -0.2) is 12.7 Å². The van der Waals surface area contributed by atoms with Gasteiger partial charge in [-0.2, -0.15) is 0 Å². The number of piperidine rings is 1. The molecule has 6 nitrogen and oxygen atoms in total. The smallest absolute Gasteiger partial charge is 0.227 e. The summed E-state index contributed by atoms with van der Waals surface area (Å²) in [5, 5.41) is 3.06. The minimum atomic E-state index is -3.29. The zero-order chi connectivity index (χ0) is 18.4. The third-order valence-corrected chi connectivity index (χ3v) is 6.59. The lowest BCUT2D eigenvalue weighted by Gasteiger charge is -2.30. The predicted octanol–water partition coefficient (Wildman–Crippen LogP) is 2.18. The van der Waals surface area contributed by atoms with Gasteiger partial charge in [-0.1, -0.05) is 25.1 Å². The van der Waals surface area contributed by atoms with Gasteiger partial charge in [-0.3, -0.25) is 4.79 Å². The molecule has 25 heavy (non-hydrogen) atoms. The number of ether oxygens (including phenoxy) is 1. The molecule has 1 aromatic carbocycles. The van der Waals surface area contributed by atoms with Crippen molar-refractivity contribution in [3.63, 3.8) is 0 Å². The predicted molar refractivity (Wildman–Crippen MR) is 99.1 cm³/mol. The van der Waals surface area contributed by atoms with Gasteiger partial charge >= 0.3 is 0 Å². The summed E-state index contributed by atoms with van der Waals surface area (Å²) in [5.41, 5.74) is 3.06. The van der Waals surface area contributed by atoms with Crippen molar-refractivity contribution in [2.75, 3.05) is 37.9 Å². The number of sulfonamides is 1. The number of carbonyl (C=O) groups is 1. The Labute approximate surface area is 150 Å². The molecule has 0 atom stereocenters. The van der Waals surface area contributed by atoms with Crippen LogP contribution in [-0.2, 0) is 26.0 Å². The van der Waals surface area contributed by atoms with Crippen LogP contribution >= 0.6 is 0 Å². The number of nitrogens with zero attached hydrogens (tertiary/aromatic N) is 1. The van der Waals surface area contributed by atoms with Crippen LogP contribution in [0.15, 0.2) is 18.2 Å². The number of para-hydroxylation sites is 1. The fourth-order valence-corrected chi connectivity index (χ4v) is 4.54. The molecule has 1 aromatic rings. The zero-order valence-corrected chi connectivity index (χ0v) is 16.1. The minimum absolute atomic E-state index is 0.0105. The van der Waals surface area contributed by atoms with Crippen molar-refractivity contribution in [2.24, 2.45) is 5.92 Å². The van der Waals surface area contributed by atoms with Crippen molar-refractivity contribution in [3.8, 4) is 0 Å². The summed E-state index contributed by atoms with van der Waals surface area (Å²) in [6.45, 7) is 5.01. The standard InChI is InChI=1S/C18H28N2O4S/c1-4-15-7-5-6-14(2)17(15)19-18(21)16-8-10-20(11-9-16)25(22,23)13-12-24-3/h5-7,16H,4,8-13H2,1-3H3,(H,19,21). The van der Waals surface area contributed by atoms with E-state index in [0.717, 1.165) is 23.2 Å². The lowest BCUT2D eigenvalue weighted by molar-refractivity contribution is -0.120. The normalized spacial score (nSPS) is 16.8. The molecule has 0 radical (unpaired) electrons. The summed E-state index contributed by atoms with van der Waals surface area (Å²) in [7, 11) is -1.81. The Bertz CT molecular complexity index is 695. The molecular formula is C18H28N2O4S. The molecule has 0 bridgehead atoms. The van der Waals surface area contributed by atoms with Crippen LogP contribution in [0.4, 0.5) is 5.69 Å². The third-order valence-electron chi connectivity index (χ3n) is 4.75. The van der Waals surface area contributed by atoms with Gasteiger partial charge in [0.2, 0.25) is 15.9 Å². The highest BCUT2D eigenvalue weighted by molar-refractivity contribution is 7.89. The van der Waals surface area contributed by atoms with E-state index in [9.17, 15) is 13.2 Å². The third kappa shape index (κ3) is 5.03. The van der Waals surface area contributed by atoms with Crippen molar-refractivity contribution in [2.45, 2.75) is 33.1 Å². The number of rotatable bonds is 7. The topological polar surface area (TPSA) is 75.7 Å². The number of hydrogen-bond donors (Lipinski definition) is 1. The first-order valence-corrected chi connectivity index (χ1v) is 10.4. The van der Waals surface area contributed by atoms with Crippen molar-refractivity contribution in [1.29, 1.82) is 0 Å². The summed E-state index contributed by atoms with van der Waals surface area (Å²) in [6, 6.07) is 6.00. The summed E-state index contributed by atoms with van der Waals surface area (Å²) in [6.07, 6.45) is 1.95. The lowest BCUT2D eigenvalue weighted by Crippen LogP contribution is -2.43. The van der Waals surface area contributed by atoms with E-state index in [1.807, 2.05) is 25.1 Å². The van der Waals surface area contributed by atoms with E-state index in [-0.39, 0.29) is 24.2 Å². The Morgan fingerprint density at radius 2 is 2.00 bits per heavy atom. The second-order valence-electron chi connectivity index (χ2n) is 6.43. The zero-order valence-electron chi connectivity index (χ0n) is 15.2. The lowest BCUT2D eigenvalue weighted by atomic mass is 9.96. The van der Waals surface area contributed by atoms with Gasteiger partial charge < -0.3 is 10.1 Å². The molecule has 1 amide bonds. The average Bonchev–Trinajstić information content (AvgIpc) is 2.61. The highest BCUT2D eigenvalue weighted by Gasteiger charge is 2.31. The number of aryl methyl sites for hydroxylation is 2. The monoisotopic (exact) mass is 368 g/mol. The first-order chi connectivity index (χ1) is 11.9. The highest BCUT2D eigenvalue weighted by Crippen LogP contribution is 2.25. The Balaban J connectivity index is 1.96. The molecule has 1 aliphatic heterocycles. The molecule has 1 heterocycles. The van der Waals surface area contributed by atoms with Gasteiger partial charge in [0.25, 0.3) is 0 Å². The summed E-state index contributed by atoms with van der Waals surface area (Å²) >= 11 is 0. The van der Waals surface area contributed by atoms with Crippen LogP contribution in [0.1, 0.15) is 30.9 Å². The van der Waals surface area contributed by atoms with Gasteiger partial charge in [0, 0.05) is 31.8 Å². The number of benzene rings is 1. The number of anilines is 1. The SMILES string of the molecule is CCc1cccc(C)c1NC(=O)C1CCN(S(=O)(=O)CCOC)CC1. The molecular weight excluding hydrogens is 340 g/mol. The summed E-state index contributed by atoms with van der Waals surface area (Å²) in [4.78, 5) is 12.6. The fourth-order valence-electron chi connectivity index (χ4n) is 3.14. The molecule has 0 aliphatic carbocycles. The van der Waals surface area contributed by atoms with E-state index < -0.39 is 10.0 Å². The number of methoxy groups -OCH3 is 1. The van der Waals surface area contributed by atoms with E-state index >= 15 is 0 Å². The fraction of sp³-hybridized carbons (Fsp3) is 0.611. The number of amides is 1. The molecule has 1 aliphatic rings. The van der Waals surface area contributed by atoms with Gasteiger partial charge in [-0.05, 0) is 37.3 Å². The van der Waals surface area contributed by atoms with Crippen LogP contribution in [0.2, 0.25) is 0 Å². The van der Waals surface area contributed by atoms with Crippen molar-refractivity contribution in [3.05, 3.63) is 29.3 Å². The van der Waals surface area contributed by atoms with Crippen LogP contribution in [0.25, 0.3) is 0 Å². The molecule has 0 unspecified atom stereocenters. The van der Waals surface area contributed by atoms with Crippen molar-refractivity contribution >= 4 is 21.6 Å². The van der Waals surface area contributed by atoms with Gasteiger partial charge in [0.1, 0.15) is 0 Å².